The Morgan fingerprint density at radius 3 is 2.54 bits per heavy atom. The van der Waals surface area contributed by atoms with Crippen LogP contribution in [-0.2, 0) is 17.8 Å². The fourth-order valence-electron chi connectivity index (χ4n) is 2.80. The number of fused-ring (bicyclic) bond motifs is 1. The zero-order valence-electron chi connectivity index (χ0n) is 13.1. The summed E-state index contributed by atoms with van der Waals surface area (Å²) in [5.74, 6) is -0.946. The van der Waals surface area contributed by atoms with Crippen LogP contribution in [0.25, 0.3) is 10.9 Å². The lowest BCUT2D eigenvalue weighted by Crippen LogP contribution is -2.18. The standard InChI is InChI=1S/C19H16ClNO3/c1-12-2-7-17-16(8-12)19(24)14(10-21(17)11-18(22)23)9-13-3-5-15(20)6-4-13/h2-8,10H,9,11H2,1H3,(H,22,23). The van der Waals surface area contributed by atoms with Gasteiger partial charge in [0.15, 0.2) is 5.43 Å². The van der Waals surface area contributed by atoms with E-state index < -0.39 is 5.97 Å². The molecule has 3 rings (SSSR count). The highest BCUT2D eigenvalue weighted by atomic mass is 35.5. The lowest BCUT2D eigenvalue weighted by Gasteiger charge is -2.12. The SMILES string of the molecule is Cc1ccc2c(c1)c(=O)c(Cc1ccc(Cl)cc1)cn2CC(=O)O. The second kappa shape index (κ2) is 6.49. The number of carboxylic acids is 1. The molecule has 5 heteroatoms. The van der Waals surface area contributed by atoms with E-state index in [1.54, 1.807) is 35.0 Å². The first kappa shape index (κ1) is 16.3. The van der Waals surface area contributed by atoms with Crippen molar-refractivity contribution in [3.05, 3.63) is 80.6 Å². The van der Waals surface area contributed by atoms with Crippen molar-refractivity contribution >= 4 is 28.5 Å². The number of nitrogens with zero attached hydrogens (tertiary/aromatic N) is 1. The molecule has 0 spiro atoms. The predicted octanol–water partition coefficient (Wildman–Crippen LogP) is 3.64. The molecule has 1 aromatic heterocycles. The minimum atomic E-state index is -0.946. The summed E-state index contributed by atoms with van der Waals surface area (Å²) in [6.07, 6.45) is 2.07. The van der Waals surface area contributed by atoms with Crippen LogP contribution in [0.15, 0.2) is 53.5 Å². The first-order valence-electron chi connectivity index (χ1n) is 7.53. The molecule has 0 atom stereocenters. The van der Waals surface area contributed by atoms with Gasteiger partial charge in [-0.2, -0.15) is 0 Å². The topological polar surface area (TPSA) is 59.3 Å². The van der Waals surface area contributed by atoms with Crippen LogP contribution in [0.5, 0.6) is 0 Å². The van der Waals surface area contributed by atoms with E-state index in [0.717, 1.165) is 11.1 Å². The maximum atomic E-state index is 12.8. The van der Waals surface area contributed by atoms with Crippen molar-refractivity contribution in [2.24, 2.45) is 0 Å². The van der Waals surface area contributed by atoms with Crippen molar-refractivity contribution in [2.45, 2.75) is 19.9 Å². The second-order valence-electron chi connectivity index (χ2n) is 5.83. The molecule has 3 aromatic rings. The summed E-state index contributed by atoms with van der Waals surface area (Å²) in [4.78, 5) is 24.0. The first-order valence-corrected chi connectivity index (χ1v) is 7.91. The molecule has 122 valence electrons. The Bertz CT molecular complexity index is 974. The lowest BCUT2D eigenvalue weighted by atomic mass is 10.0. The molecule has 0 aliphatic rings. The largest absolute Gasteiger partial charge is 0.480 e. The highest BCUT2D eigenvalue weighted by Gasteiger charge is 2.12. The lowest BCUT2D eigenvalue weighted by molar-refractivity contribution is -0.137. The summed E-state index contributed by atoms with van der Waals surface area (Å²) in [5, 5.41) is 10.3. The molecule has 0 unspecified atom stereocenters. The average Bonchev–Trinajstić information content (AvgIpc) is 2.53. The number of halogens is 1. The summed E-state index contributed by atoms with van der Waals surface area (Å²) in [6.45, 7) is 1.72. The molecule has 2 aromatic carbocycles. The minimum Gasteiger partial charge on any atom is -0.480 e. The van der Waals surface area contributed by atoms with Gasteiger partial charge in [0.25, 0.3) is 0 Å². The van der Waals surface area contributed by atoms with Crippen LogP contribution >= 0.6 is 11.6 Å². The Balaban J connectivity index is 2.16. The zero-order chi connectivity index (χ0) is 17.3. The quantitative estimate of drug-likeness (QED) is 0.788. The highest BCUT2D eigenvalue weighted by molar-refractivity contribution is 6.30. The van der Waals surface area contributed by atoms with Crippen LogP contribution in [0.2, 0.25) is 5.02 Å². The number of aryl methyl sites for hydroxylation is 1. The van der Waals surface area contributed by atoms with E-state index in [1.165, 1.54) is 0 Å². The van der Waals surface area contributed by atoms with Gasteiger partial charge >= 0.3 is 5.97 Å². The summed E-state index contributed by atoms with van der Waals surface area (Å²) in [6, 6.07) is 12.8. The summed E-state index contributed by atoms with van der Waals surface area (Å²) in [7, 11) is 0. The highest BCUT2D eigenvalue weighted by Crippen LogP contribution is 2.17. The molecule has 0 amide bonds. The average molecular weight is 342 g/mol. The van der Waals surface area contributed by atoms with Crippen LogP contribution < -0.4 is 5.43 Å². The van der Waals surface area contributed by atoms with E-state index in [1.807, 2.05) is 25.1 Å². The molecule has 0 fully saturated rings. The van der Waals surface area contributed by atoms with Crippen LogP contribution in [0.1, 0.15) is 16.7 Å². The van der Waals surface area contributed by atoms with Gasteiger partial charge in [0.1, 0.15) is 6.54 Å². The Kier molecular flexibility index (Phi) is 4.40. The van der Waals surface area contributed by atoms with Crippen molar-refractivity contribution in [3.63, 3.8) is 0 Å². The first-order chi connectivity index (χ1) is 11.4. The maximum absolute atomic E-state index is 12.8. The predicted molar refractivity (Wildman–Crippen MR) is 94.8 cm³/mol. The molecule has 24 heavy (non-hydrogen) atoms. The minimum absolute atomic E-state index is 0.0645. The molecule has 0 bridgehead atoms. The van der Waals surface area contributed by atoms with E-state index in [4.69, 9.17) is 16.7 Å². The molecule has 0 saturated carbocycles. The van der Waals surface area contributed by atoms with E-state index in [0.29, 0.717) is 27.9 Å². The molecule has 0 saturated heterocycles. The number of hydrogen-bond donors (Lipinski definition) is 1. The van der Waals surface area contributed by atoms with Crippen molar-refractivity contribution in [1.29, 1.82) is 0 Å². The molecule has 4 nitrogen and oxygen atoms in total. The van der Waals surface area contributed by atoms with Gasteiger partial charge in [-0.3, -0.25) is 9.59 Å². The van der Waals surface area contributed by atoms with E-state index in [9.17, 15) is 9.59 Å². The number of rotatable bonds is 4. The second-order valence-corrected chi connectivity index (χ2v) is 6.27. The van der Waals surface area contributed by atoms with Gasteiger partial charge in [0.05, 0.1) is 5.52 Å². The van der Waals surface area contributed by atoms with Gasteiger partial charge in [0.2, 0.25) is 0 Å². The van der Waals surface area contributed by atoms with Crippen LogP contribution in [-0.4, -0.2) is 15.6 Å². The third-order valence-electron chi connectivity index (χ3n) is 3.92. The van der Waals surface area contributed by atoms with Gasteiger partial charge in [-0.1, -0.05) is 35.4 Å². The zero-order valence-corrected chi connectivity index (χ0v) is 13.9. The third kappa shape index (κ3) is 3.34. The molecule has 0 radical (unpaired) electrons. The molecule has 1 N–H and O–H groups in total. The van der Waals surface area contributed by atoms with Crippen molar-refractivity contribution in [1.82, 2.24) is 4.57 Å². The van der Waals surface area contributed by atoms with Gasteiger partial charge in [0, 0.05) is 28.6 Å². The Morgan fingerprint density at radius 2 is 1.88 bits per heavy atom. The van der Waals surface area contributed by atoms with Crippen molar-refractivity contribution in [3.8, 4) is 0 Å². The molecule has 0 aliphatic carbocycles. The van der Waals surface area contributed by atoms with Gasteiger partial charge < -0.3 is 9.67 Å². The number of hydrogen-bond acceptors (Lipinski definition) is 2. The number of carboxylic acid groups (broad SMARTS) is 1. The van der Waals surface area contributed by atoms with Crippen LogP contribution in [0.4, 0.5) is 0 Å². The number of pyridine rings is 1. The molecular weight excluding hydrogens is 326 g/mol. The van der Waals surface area contributed by atoms with E-state index >= 15 is 0 Å². The molecular formula is C19H16ClNO3. The van der Waals surface area contributed by atoms with Gasteiger partial charge in [-0.05, 0) is 36.8 Å². The van der Waals surface area contributed by atoms with Crippen LogP contribution in [0, 0.1) is 6.92 Å². The summed E-state index contributed by atoms with van der Waals surface area (Å²) < 4.78 is 1.61. The fourth-order valence-corrected chi connectivity index (χ4v) is 2.92. The molecule has 0 aliphatic heterocycles. The number of aliphatic carboxylic acids is 1. The third-order valence-corrected chi connectivity index (χ3v) is 4.17. The van der Waals surface area contributed by atoms with Gasteiger partial charge in [-0.15, -0.1) is 0 Å². The van der Waals surface area contributed by atoms with E-state index in [2.05, 4.69) is 0 Å². The smallest absolute Gasteiger partial charge is 0.323 e. The number of benzene rings is 2. The van der Waals surface area contributed by atoms with Crippen molar-refractivity contribution in [2.75, 3.05) is 0 Å². The Labute approximate surface area is 143 Å². The monoisotopic (exact) mass is 341 g/mol. The number of aromatic nitrogens is 1. The summed E-state index contributed by atoms with van der Waals surface area (Å²) in [5.41, 5.74) is 3.05. The maximum Gasteiger partial charge on any atom is 0.323 e. The number of carbonyl (C=O) groups is 1. The normalized spacial score (nSPS) is 10.9. The Hall–Kier alpha value is -2.59. The summed E-state index contributed by atoms with van der Waals surface area (Å²) >= 11 is 5.89. The van der Waals surface area contributed by atoms with Crippen LogP contribution in [0.3, 0.4) is 0 Å². The van der Waals surface area contributed by atoms with Gasteiger partial charge in [-0.25, -0.2) is 0 Å². The van der Waals surface area contributed by atoms with E-state index in [-0.39, 0.29) is 12.0 Å². The Morgan fingerprint density at radius 1 is 1.17 bits per heavy atom. The fraction of sp³-hybridized carbons (Fsp3) is 0.158. The molecule has 1 heterocycles. The van der Waals surface area contributed by atoms with Crippen molar-refractivity contribution < 1.29 is 9.90 Å².